The number of amides is 2. The predicted octanol–water partition coefficient (Wildman–Crippen LogP) is 1.22. The summed E-state index contributed by atoms with van der Waals surface area (Å²) in [5.74, 6) is -0.876. The molecule has 2 N–H and O–H groups in total. The van der Waals surface area contributed by atoms with Gasteiger partial charge in [-0.15, -0.1) is 0 Å². The molecule has 0 saturated carbocycles. The zero-order chi connectivity index (χ0) is 14.4. The van der Waals surface area contributed by atoms with E-state index in [1.807, 2.05) is 0 Å². The van der Waals surface area contributed by atoms with Crippen LogP contribution >= 0.6 is 15.9 Å². The monoisotopic (exact) mass is 329 g/mol. The molecule has 0 aliphatic carbocycles. The molecule has 19 heavy (non-hydrogen) atoms. The number of carbonyl (C=O) groups is 2. The number of benzene rings is 1. The topological polar surface area (TPSA) is 101 Å². The number of rotatable bonds is 5. The molecule has 102 valence electrons. The summed E-state index contributed by atoms with van der Waals surface area (Å²) < 4.78 is 0.0911. The smallest absolute Gasteiger partial charge is 0.284 e. The number of nitrogens with one attached hydrogen (secondary N) is 2. The van der Waals surface area contributed by atoms with Crippen LogP contribution in [-0.4, -0.2) is 29.8 Å². The van der Waals surface area contributed by atoms with Crippen molar-refractivity contribution in [2.45, 2.75) is 6.92 Å². The summed E-state index contributed by atoms with van der Waals surface area (Å²) in [6.07, 6.45) is 0. The van der Waals surface area contributed by atoms with Gasteiger partial charge >= 0.3 is 0 Å². The van der Waals surface area contributed by atoms with E-state index in [4.69, 9.17) is 0 Å². The Morgan fingerprint density at radius 1 is 1.37 bits per heavy atom. The number of nitrogens with zero attached hydrogens (tertiary/aromatic N) is 1. The summed E-state index contributed by atoms with van der Waals surface area (Å²) in [4.78, 5) is 33.1. The molecule has 0 atom stereocenters. The van der Waals surface area contributed by atoms with Gasteiger partial charge in [0.25, 0.3) is 11.6 Å². The van der Waals surface area contributed by atoms with Gasteiger partial charge in [0.05, 0.1) is 17.0 Å². The van der Waals surface area contributed by atoms with Gasteiger partial charge in [-0.3, -0.25) is 19.7 Å². The maximum Gasteiger partial charge on any atom is 0.284 e. The lowest BCUT2D eigenvalue weighted by atomic mass is 10.2. The van der Waals surface area contributed by atoms with Gasteiger partial charge in [0.2, 0.25) is 5.91 Å². The second-order valence-corrected chi connectivity index (χ2v) is 4.32. The van der Waals surface area contributed by atoms with Crippen LogP contribution in [0.2, 0.25) is 0 Å². The second kappa shape index (κ2) is 6.83. The van der Waals surface area contributed by atoms with Gasteiger partial charge < -0.3 is 10.6 Å². The van der Waals surface area contributed by atoms with E-state index in [2.05, 4.69) is 26.6 Å². The number of hydrogen-bond donors (Lipinski definition) is 2. The zero-order valence-corrected chi connectivity index (χ0v) is 11.7. The summed E-state index contributed by atoms with van der Waals surface area (Å²) in [7, 11) is 0. The molecule has 0 saturated heterocycles. The van der Waals surface area contributed by atoms with Gasteiger partial charge in [-0.2, -0.15) is 0 Å². The normalized spacial score (nSPS) is 9.79. The summed E-state index contributed by atoms with van der Waals surface area (Å²) in [5, 5.41) is 15.6. The highest BCUT2D eigenvalue weighted by molar-refractivity contribution is 9.10. The second-order valence-electron chi connectivity index (χ2n) is 3.53. The molecule has 0 unspecified atom stereocenters. The number of halogens is 1. The van der Waals surface area contributed by atoms with Crippen LogP contribution in [0.3, 0.4) is 0 Å². The standard InChI is InChI=1S/C11H12BrN3O4/c1-2-13-9(16)6-14-11(17)7-4-3-5-8(10(7)12)15(18)19/h3-5H,2,6H2,1H3,(H,13,16)(H,14,17). The van der Waals surface area contributed by atoms with Crippen LogP contribution in [0.1, 0.15) is 17.3 Å². The molecule has 1 rings (SSSR count). The molecule has 7 nitrogen and oxygen atoms in total. The maximum absolute atomic E-state index is 11.8. The average molecular weight is 330 g/mol. The summed E-state index contributed by atoms with van der Waals surface area (Å²) in [5.41, 5.74) is -0.0934. The number of likely N-dealkylation sites (N-methyl/N-ethyl adjacent to an activating group) is 1. The molecule has 0 fully saturated rings. The Kier molecular flexibility index (Phi) is 5.43. The highest BCUT2D eigenvalue weighted by Gasteiger charge is 2.19. The number of nitro benzene ring substituents is 1. The quantitative estimate of drug-likeness (QED) is 0.626. The lowest BCUT2D eigenvalue weighted by molar-refractivity contribution is -0.385. The van der Waals surface area contributed by atoms with Crippen LogP contribution in [-0.2, 0) is 4.79 Å². The molecule has 0 spiro atoms. The summed E-state index contributed by atoms with van der Waals surface area (Å²) in [6, 6.07) is 4.12. The van der Waals surface area contributed by atoms with Crippen molar-refractivity contribution in [3.05, 3.63) is 38.3 Å². The van der Waals surface area contributed by atoms with Crippen molar-refractivity contribution < 1.29 is 14.5 Å². The van der Waals surface area contributed by atoms with Crippen molar-refractivity contribution in [1.29, 1.82) is 0 Å². The summed E-state index contributed by atoms with van der Waals surface area (Å²) in [6.45, 7) is 2.05. The Balaban J connectivity index is 2.80. The van der Waals surface area contributed by atoms with E-state index in [-0.39, 0.29) is 28.2 Å². The molecule has 0 radical (unpaired) electrons. The van der Waals surface area contributed by atoms with Crippen LogP contribution in [0, 0.1) is 10.1 Å². The Hall–Kier alpha value is -1.96. The van der Waals surface area contributed by atoms with E-state index in [0.717, 1.165) is 0 Å². The van der Waals surface area contributed by atoms with Crippen LogP contribution in [0.4, 0.5) is 5.69 Å². The maximum atomic E-state index is 11.8. The van der Waals surface area contributed by atoms with Crippen molar-refractivity contribution in [3.8, 4) is 0 Å². The van der Waals surface area contributed by atoms with E-state index < -0.39 is 10.8 Å². The van der Waals surface area contributed by atoms with E-state index >= 15 is 0 Å². The Morgan fingerprint density at radius 3 is 2.63 bits per heavy atom. The zero-order valence-electron chi connectivity index (χ0n) is 10.1. The highest BCUT2D eigenvalue weighted by Crippen LogP contribution is 2.27. The van der Waals surface area contributed by atoms with Gasteiger partial charge in [0.1, 0.15) is 4.47 Å². The predicted molar refractivity (Wildman–Crippen MR) is 71.8 cm³/mol. The van der Waals surface area contributed by atoms with Crippen molar-refractivity contribution in [1.82, 2.24) is 10.6 Å². The van der Waals surface area contributed by atoms with Crippen LogP contribution in [0.15, 0.2) is 22.7 Å². The number of hydrogen-bond acceptors (Lipinski definition) is 4. The molecule has 0 bridgehead atoms. The molecule has 0 heterocycles. The van der Waals surface area contributed by atoms with Crippen LogP contribution < -0.4 is 10.6 Å². The van der Waals surface area contributed by atoms with Gasteiger partial charge in [0, 0.05) is 12.6 Å². The molecule has 1 aromatic rings. The first kappa shape index (κ1) is 15.1. The summed E-state index contributed by atoms with van der Waals surface area (Å²) >= 11 is 3.02. The van der Waals surface area contributed by atoms with Crippen molar-refractivity contribution in [2.24, 2.45) is 0 Å². The SMILES string of the molecule is CCNC(=O)CNC(=O)c1cccc([N+](=O)[O-])c1Br. The Morgan fingerprint density at radius 2 is 2.05 bits per heavy atom. The van der Waals surface area contributed by atoms with Gasteiger partial charge in [0.15, 0.2) is 0 Å². The van der Waals surface area contributed by atoms with E-state index in [9.17, 15) is 19.7 Å². The molecule has 0 aliphatic heterocycles. The number of carbonyl (C=O) groups excluding carboxylic acids is 2. The molecule has 0 aliphatic rings. The average Bonchev–Trinajstić information content (AvgIpc) is 2.36. The largest absolute Gasteiger partial charge is 0.355 e. The Labute approximate surface area is 117 Å². The fourth-order valence-corrected chi connectivity index (χ4v) is 1.94. The fourth-order valence-electron chi connectivity index (χ4n) is 1.35. The minimum absolute atomic E-state index is 0.0911. The van der Waals surface area contributed by atoms with Crippen molar-refractivity contribution >= 4 is 33.4 Å². The van der Waals surface area contributed by atoms with E-state index in [1.54, 1.807) is 6.92 Å². The number of nitro groups is 1. The fraction of sp³-hybridized carbons (Fsp3) is 0.273. The lowest BCUT2D eigenvalue weighted by Crippen LogP contribution is -2.36. The molecule has 0 aromatic heterocycles. The first-order valence-electron chi connectivity index (χ1n) is 5.45. The molecule has 8 heteroatoms. The third kappa shape index (κ3) is 4.02. The van der Waals surface area contributed by atoms with Crippen molar-refractivity contribution in [2.75, 3.05) is 13.1 Å². The minimum atomic E-state index is -0.593. The van der Waals surface area contributed by atoms with Gasteiger partial charge in [-0.05, 0) is 28.9 Å². The molecular formula is C11H12BrN3O4. The van der Waals surface area contributed by atoms with Crippen LogP contribution in [0.25, 0.3) is 0 Å². The minimum Gasteiger partial charge on any atom is -0.355 e. The van der Waals surface area contributed by atoms with E-state index in [1.165, 1.54) is 18.2 Å². The first-order chi connectivity index (χ1) is 8.97. The highest BCUT2D eigenvalue weighted by atomic mass is 79.9. The van der Waals surface area contributed by atoms with Crippen molar-refractivity contribution in [3.63, 3.8) is 0 Å². The molecular weight excluding hydrogens is 318 g/mol. The van der Waals surface area contributed by atoms with E-state index in [0.29, 0.717) is 6.54 Å². The third-order valence-electron chi connectivity index (χ3n) is 2.20. The first-order valence-corrected chi connectivity index (χ1v) is 6.24. The molecule has 2 amide bonds. The third-order valence-corrected chi connectivity index (χ3v) is 3.04. The van der Waals surface area contributed by atoms with Crippen LogP contribution in [0.5, 0.6) is 0 Å². The molecule has 1 aromatic carbocycles. The van der Waals surface area contributed by atoms with Gasteiger partial charge in [-0.25, -0.2) is 0 Å². The van der Waals surface area contributed by atoms with Gasteiger partial charge in [-0.1, -0.05) is 6.07 Å². The lowest BCUT2D eigenvalue weighted by Gasteiger charge is -2.07. The Bertz CT molecular complexity index is 519.